The van der Waals surface area contributed by atoms with Crippen molar-refractivity contribution in [2.24, 2.45) is 0 Å². The van der Waals surface area contributed by atoms with Crippen LogP contribution in [0.4, 0.5) is 5.95 Å². The number of carbonyl (C=O) groups is 2. The first-order valence-electron chi connectivity index (χ1n) is 5.05. The van der Waals surface area contributed by atoms with Gasteiger partial charge in [0.2, 0.25) is 17.8 Å². The molecule has 16 heavy (non-hydrogen) atoms. The number of hydrogen-bond donors (Lipinski definition) is 2. The third kappa shape index (κ3) is 2.33. The molecule has 1 aromatic heterocycles. The fourth-order valence-electron chi connectivity index (χ4n) is 1.51. The maximum Gasteiger partial charge on any atom is 0.249 e. The van der Waals surface area contributed by atoms with Crippen LogP contribution in [-0.4, -0.2) is 27.8 Å². The maximum absolute atomic E-state index is 11.4. The molecule has 0 radical (unpaired) electrons. The average Bonchev–Trinajstić information content (AvgIpc) is 2.22. The van der Waals surface area contributed by atoms with Gasteiger partial charge >= 0.3 is 0 Å². The molecule has 0 aromatic carbocycles. The van der Waals surface area contributed by atoms with Crippen LogP contribution in [0.5, 0.6) is 0 Å². The smallest absolute Gasteiger partial charge is 0.249 e. The summed E-state index contributed by atoms with van der Waals surface area (Å²) in [5, 5.41) is 5.17. The molecular weight excluding hydrogens is 208 g/mol. The van der Waals surface area contributed by atoms with Crippen LogP contribution in [0.15, 0.2) is 12.3 Å². The van der Waals surface area contributed by atoms with E-state index in [1.807, 2.05) is 6.92 Å². The van der Waals surface area contributed by atoms with E-state index in [0.717, 1.165) is 5.69 Å². The summed E-state index contributed by atoms with van der Waals surface area (Å²) in [5.74, 6) is -0.135. The van der Waals surface area contributed by atoms with E-state index >= 15 is 0 Å². The Balaban J connectivity index is 2.05. The van der Waals surface area contributed by atoms with Gasteiger partial charge in [0.1, 0.15) is 6.04 Å². The molecule has 1 atom stereocenters. The summed E-state index contributed by atoms with van der Waals surface area (Å²) in [4.78, 5) is 30.5. The predicted molar refractivity (Wildman–Crippen MR) is 56.6 cm³/mol. The Hall–Kier alpha value is -1.98. The highest BCUT2D eigenvalue weighted by atomic mass is 16.2. The van der Waals surface area contributed by atoms with E-state index in [-0.39, 0.29) is 11.8 Å². The second-order valence-corrected chi connectivity index (χ2v) is 3.67. The Kier molecular flexibility index (Phi) is 2.80. The Morgan fingerprint density at radius 3 is 3.00 bits per heavy atom. The molecule has 2 heterocycles. The van der Waals surface area contributed by atoms with Crippen molar-refractivity contribution in [3.05, 3.63) is 18.0 Å². The minimum atomic E-state index is -0.431. The molecule has 1 aliphatic heterocycles. The first-order chi connectivity index (χ1) is 7.65. The fourth-order valence-corrected chi connectivity index (χ4v) is 1.51. The zero-order chi connectivity index (χ0) is 11.5. The third-order valence-corrected chi connectivity index (χ3v) is 2.34. The molecule has 0 saturated carbocycles. The molecule has 6 heteroatoms. The molecule has 84 valence electrons. The van der Waals surface area contributed by atoms with Gasteiger partial charge < -0.3 is 5.32 Å². The van der Waals surface area contributed by atoms with Crippen LogP contribution in [0, 0.1) is 6.92 Å². The minimum Gasteiger partial charge on any atom is -0.342 e. The van der Waals surface area contributed by atoms with E-state index in [2.05, 4.69) is 20.6 Å². The lowest BCUT2D eigenvalue weighted by Gasteiger charge is -2.21. The standard InChI is InChI=1S/C10H12N4O2/c1-6-4-5-11-10(12-6)13-7-2-3-8(15)14-9(7)16/h4-5,7H,2-3H2,1H3,(H,11,12,13)(H,14,15,16). The number of nitrogens with one attached hydrogen (secondary N) is 2. The number of rotatable bonds is 2. The normalized spacial score (nSPS) is 20.4. The van der Waals surface area contributed by atoms with E-state index in [9.17, 15) is 9.59 Å². The molecule has 1 aromatic rings. The summed E-state index contributed by atoms with van der Waals surface area (Å²) in [6.07, 6.45) is 2.44. The minimum absolute atomic E-state index is 0.229. The van der Waals surface area contributed by atoms with E-state index in [1.54, 1.807) is 12.3 Å². The highest BCUT2D eigenvalue weighted by Crippen LogP contribution is 2.09. The highest BCUT2D eigenvalue weighted by molar-refractivity contribution is 6.01. The molecule has 1 unspecified atom stereocenters. The molecule has 6 nitrogen and oxygen atoms in total. The van der Waals surface area contributed by atoms with Gasteiger partial charge in [-0.1, -0.05) is 0 Å². The molecular formula is C10H12N4O2. The second kappa shape index (κ2) is 4.26. The van der Waals surface area contributed by atoms with Crippen LogP contribution >= 0.6 is 0 Å². The highest BCUT2D eigenvalue weighted by Gasteiger charge is 2.26. The summed E-state index contributed by atoms with van der Waals surface area (Å²) >= 11 is 0. The lowest BCUT2D eigenvalue weighted by atomic mass is 10.1. The monoisotopic (exact) mass is 220 g/mol. The predicted octanol–water partition coefficient (Wildman–Crippen LogP) is 0.00212. The number of anilines is 1. The Bertz CT molecular complexity index is 433. The number of carbonyl (C=O) groups excluding carboxylic acids is 2. The molecule has 0 spiro atoms. The van der Waals surface area contributed by atoms with Crippen molar-refractivity contribution in [3.63, 3.8) is 0 Å². The Labute approximate surface area is 92.5 Å². The van der Waals surface area contributed by atoms with Gasteiger partial charge in [0, 0.05) is 18.3 Å². The summed E-state index contributed by atoms with van der Waals surface area (Å²) in [6.45, 7) is 1.84. The Morgan fingerprint density at radius 2 is 2.31 bits per heavy atom. The summed E-state index contributed by atoms with van der Waals surface area (Å²) < 4.78 is 0. The van der Waals surface area contributed by atoms with Crippen molar-refractivity contribution in [2.45, 2.75) is 25.8 Å². The van der Waals surface area contributed by atoms with Gasteiger partial charge in [-0.2, -0.15) is 0 Å². The molecule has 2 rings (SSSR count). The number of hydrogen-bond acceptors (Lipinski definition) is 5. The van der Waals surface area contributed by atoms with Crippen molar-refractivity contribution < 1.29 is 9.59 Å². The van der Waals surface area contributed by atoms with E-state index in [0.29, 0.717) is 18.8 Å². The second-order valence-electron chi connectivity index (χ2n) is 3.67. The topological polar surface area (TPSA) is 84.0 Å². The van der Waals surface area contributed by atoms with Crippen molar-refractivity contribution in [1.29, 1.82) is 0 Å². The Morgan fingerprint density at radius 1 is 1.50 bits per heavy atom. The van der Waals surface area contributed by atoms with Gasteiger partial charge in [-0.3, -0.25) is 14.9 Å². The molecule has 1 fully saturated rings. The van der Waals surface area contributed by atoms with E-state index in [4.69, 9.17) is 0 Å². The third-order valence-electron chi connectivity index (χ3n) is 2.34. The number of nitrogens with zero attached hydrogens (tertiary/aromatic N) is 2. The van der Waals surface area contributed by atoms with Crippen LogP contribution in [0.3, 0.4) is 0 Å². The van der Waals surface area contributed by atoms with Crippen LogP contribution < -0.4 is 10.6 Å². The van der Waals surface area contributed by atoms with Crippen molar-refractivity contribution in [2.75, 3.05) is 5.32 Å². The van der Waals surface area contributed by atoms with Gasteiger partial charge in [-0.15, -0.1) is 0 Å². The van der Waals surface area contributed by atoms with Crippen LogP contribution in [0.25, 0.3) is 0 Å². The van der Waals surface area contributed by atoms with Crippen molar-refractivity contribution in [1.82, 2.24) is 15.3 Å². The summed E-state index contributed by atoms with van der Waals surface area (Å²) in [6, 6.07) is 1.34. The molecule has 1 aliphatic rings. The lowest BCUT2D eigenvalue weighted by molar-refractivity contribution is -0.133. The maximum atomic E-state index is 11.4. The van der Waals surface area contributed by atoms with Gasteiger partial charge in [0.15, 0.2) is 0 Å². The van der Waals surface area contributed by atoms with Gasteiger partial charge in [-0.25, -0.2) is 9.97 Å². The van der Waals surface area contributed by atoms with Gasteiger partial charge in [-0.05, 0) is 19.4 Å². The zero-order valence-electron chi connectivity index (χ0n) is 8.86. The lowest BCUT2D eigenvalue weighted by Crippen LogP contribution is -2.47. The number of aryl methyl sites for hydroxylation is 1. The zero-order valence-corrected chi connectivity index (χ0v) is 8.86. The molecule has 1 saturated heterocycles. The van der Waals surface area contributed by atoms with Crippen molar-refractivity contribution >= 4 is 17.8 Å². The first-order valence-corrected chi connectivity index (χ1v) is 5.05. The number of imide groups is 1. The summed E-state index contributed by atoms with van der Waals surface area (Å²) in [7, 11) is 0. The molecule has 0 aliphatic carbocycles. The van der Waals surface area contributed by atoms with E-state index < -0.39 is 6.04 Å². The number of piperidine rings is 1. The number of amides is 2. The fraction of sp³-hybridized carbons (Fsp3) is 0.400. The van der Waals surface area contributed by atoms with Crippen LogP contribution in [0.2, 0.25) is 0 Å². The molecule has 0 bridgehead atoms. The van der Waals surface area contributed by atoms with Gasteiger partial charge in [0.05, 0.1) is 0 Å². The van der Waals surface area contributed by atoms with Gasteiger partial charge in [0.25, 0.3) is 0 Å². The quantitative estimate of drug-likeness (QED) is 0.685. The van der Waals surface area contributed by atoms with Crippen molar-refractivity contribution in [3.8, 4) is 0 Å². The van der Waals surface area contributed by atoms with Crippen LogP contribution in [0.1, 0.15) is 18.5 Å². The van der Waals surface area contributed by atoms with E-state index in [1.165, 1.54) is 0 Å². The number of aromatic nitrogens is 2. The molecule has 2 N–H and O–H groups in total. The average molecular weight is 220 g/mol. The molecule has 2 amide bonds. The summed E-state index contributed by atoms with van der Waals surface area (Å²) in [5.41, 5.74) is 0.824. The first kappa shape index (κ1) is 10.5. The SMILES string of the molecule is Cc1ccnc(NC2CCC(=O)NC2=O)n1. The largest absolute Gasteiger partial charge is 0.342 e. The van der Waals surface area contributed by atoms with Crippen LogP contribution in [-0.2, 0) is 9.59 Å².